The van der Waals surface area contributed by atoms with Crippen molar-refractivity contribution in [2.75, 3.05) is 0 Å². The number of hydrogen-bond acceptors (Lipinski definition) is 5. The molecule has 1 aliphatic rings. The number of rotatable bonds is 0. The van der Waals surface area contributed by atoms with Gasteiger partial charge in [-0.3, -0.25) is 0 Å². The van der Waals surface area contributed by atoms with E-state index < -0.39 is 24.7 Å². The molecular formula is C4H9NO4. The van der Waals surface area contributed by atoms with Gasteiger partial charge in [0.25, 0.3) is 0 Å². The van der Waals surface area contributed by atoms with Crippen LogP contribution in [0.5, 0.6) is 0 Å². The second-order valence-electron chi connectivity index (χ2n) is 1.97. The van der Waals surface area contributed by atoms with Gasteiger partial charge in [0.2, 0.25) is 0 Å². The van der Waals surface area contributed by atoms with Crippen LogP contribution in [-0.4, -0.2) is 40.0 Å². The first-order valence-electron chi connectivity index (χ1n) is 2.58. The van der Waals surface area contributed by atoms with Crippen molar-refractivity contribution in [3.63, 3.8) is 0 Å². The van der Waals surface area contributed by atoms with E-state index in [0.29, 0.717) is 0 Å². The zero-order valence-electron chi connectivity index (χ0n) is 4.64. The van der Waals surface area contributed by atoms with Crippen LogP contribution in [0.2, 0.25) is 0 Å². The molecule has 0 spiro atoms. The summed E-state index contributed by atoms with van der Waals surface area (Å²) in [4.78, 5) is 0. The standard InChI is InChI=1S/C4H9NO4/c5-3-1(6)2(7)4(8)9-3/h1-4,6-8H,5H2. The van der Waals surface area contributed by atoms with Gasteiger partial charge in [-0.15, -0.1) is 0 Å². The molecule has 1 saturated heterocycles. The highest BCUT2D eigenvalue weighted by Gasteiger charge is 2.39. The van der Waals surface area contributed by atoms with E-state index in [4.69, 9.17) is 21.1 Å². The van der Waals surface area contributed by atoms with Crippen molar-refractivity contribution in [1.29, 1.82) is 0 Å². The summed E-state index contributed by atoms with van der Waals surface area (Å²) in [5, 5.41) is 26.1. The summed E-state index contributed by atoms with van der Waals surface area (Å²) in [6, 6.07) is 0. The molecule has 0 radical (unpaired) electrons. The Bertz CT molecular complexity index is 96.7. The molecule has 0 saturated carbocycles. The van der Waals surface area contributed by atoms with Crippen LogP contribution in [0.3, 0.4) is 0 Å². The van der Waals surface area contributed by atoms with E-state index in [9.17, 15) is 0 Å². The highest BCUT2D eigenvalue weighted by Crippen LogP contribution is 2.14. The molecule has 0 aromatic heterocycles. The largest absolute Gasteiger partial charge is 0.386 e. The molecular weight excluding hydrogens is 126 g/mol. The maximum absolute atomic E-state index is 8.78. The number of aliphatic hydroxyl groups is 3. The molecule has 1 fully saturated rings. The zero-order valence-corrected chi connectivity index (χ0v) is 4.64. The first-order chi connectivity index (χ1) is 4.13. The van der Waals surface area contributed by atoms with Crippen molar-refractivity contribution >= 4 is 0 Å². The van der Waals surface area contributed by atoms with E-state index in [1.165, 1.54) is 0 Å². The summed E-state index contributed by atoms with van der Waals surface area (Å²) in [7, 11) is 0. The first kappa shape index (κ1) is 6.91. The summed E-state index contributed by atoms with van der Waals surface area (Å²) in [5.74, 6) is 0. The molecule has 1 aliphatic heterocycles. The Balaban J connectivity index is 2.54. The normalized spacial score (nSPS) is 52.0. The molecule has 4 atom stereocenters. The fourth-order valence-corrected chi connectivity index (χ4v) is 0.685. The highest BCUT2D eigenvalue weighted by molar-refractivity contribution is 4.81. The Kier molecular flexibility index (Phi) is 1.69. The summed E-state index contributed by atoms with van der Waals surface area (Å²) in [5.41, 5.74) is 5.07. The fraction of sp³-hybridized carbons (Fsp3) is 1.00. The molecule has 5 nitrogen and oxygen atoms in total. The number of aliphatic hydroxyl groups excluding tert-OH is 3. The monoisotopic (exact) mass is 135 g/mol. The second-order valence-corrected chi connectivity index (χ2v) is 1.97. The SMILES string of the molecule is NC1OC(O)C(O)C1O. The maximum Gasteiger partial charge on any atom is 0.185 e. The van der Waals surface area contributed by atoms with E-state index in [1.807, 2.05) is 0 Å². The minimum Gasteiger partial charge on any atom is -0.386 e. The van der Waals surface area contributed by atoms with Crippen molar-refractivity contribution in [1.82, 2.24) is 0 Å². The summed E-state index contributed by atoms with van der Waals surface area (Å²) >= 11 is 0. The Morgan fingerprint density at radius 3 is 1.78 bits per heavy atom. The lowest BCUT2D eigenvalue weighted by Gasteiger charge is -2.07. The topological polar surface area (TPSA) is 95.9 Å². The molecule has 1 heterocycles. The highest BCUT2D eigenvalue weighted by atomic mass is 16.6. The molecule has 0 aromatic rings. The lowest BCUT2D eigenvalue weighted by atomic mass is 10.2. The Hall–Kier alpha value is -0.200. The van der Waals surface area contributed by atoms with Crippen molar-refractivity contribution in [3.8, 4) is 0 Å². The zero-order chi connectivity index (χ0) is 7.02. The van der Waals surface area contributed by atoms with Gasteiger partial charge in [-0.2, -0.15) is 0 Å². The van der Waals surface area contributed by atoms with Gasteiger partial charge in [-0.25, -0.2) is 0 Å². The average molecular weight is 135 g/mol. The van der Waals surface area contributed by atoms with Gasteiger partial charge in [0.15, 0.2) is 6.29 Å². The predicted molar refractivity (Wildman–Crippen MR) is 27.1 cm³/mol. The second kappa shape index (κ2) is 2.20. The van der Waals surface area contributed by atoms with E-state index in [1.54, 1.807) is 0 Å². The van der Waals surface area contributed by atoms with Gasteiger partial charge in [0, 0.05) is 0 Å². The minimum absolute atomic E-state index is 0.977. The van der Waals surface area contributed by atoms with Crippen molar-refractivity contribution in [3.05, 3.63) is 0 Å². The summed E-state index contributed by atoms with van der Waals surface area (Å²) in [6.45, 7) is 0. The first-order valence-corrected chi connectivity index (χ1v) is 2.58. The van der Waals surface area contributed by atoms with Gasteiger partial charge in [0.1, 0.15) is 18.4 Å². The van der Waals surface area contributed by atoms with Crippen LogP contribution in [0, 0.1) is 0 Å². The van der Waals surface area contributed by atoms with Gasteiger partial charge in [0.05, 0.1) is 0 Å². The van der Waals surface area contributed by atoms with E-state index in [-0.39, 0.29) is 0 Å². The van der Waals surface area contributed by atoms with Gasteiger partial charge in [-0.05, 0) is 0 Å². The third kappa shape index (κ3) is 1.05. The van der Waals surface area contributed by atoms with Crippen LogP contribution in [0.25, 0.3) is 0 Å². The van der Waals surface area contributed by atoms with Crippen molar-refractivity contribution in [2.24, 2.45) is 5.73 Å². The summed E-state index contributed by atoms with van der Waals surface area (Å²) < 4.78 is 4.42. The molecule has 5 heteroatoms. The van der Waals surface area contributed by atoms with Gasteiger partial charge < -0.3 is 25.8 Å². The molecule has 5 N–H and O–H groups in total. The van der Waals surface area contributed by atoms with Crippen molar-refractivity contribution in [2.45, 2.75) is 24.7 Å². The number of nitrogens with two attached hydrogens (primary N) is 1. The van der Waals surface area contributed by atoms with Crippen LogP contribution in [0.15, 0.2) is 0 Å². The van der Waals surface area contributed by atoms with Crippen molar-refractivity contribution < 1.29 is 20.1 Å². The lowest BCUT2D eigenvalue weighted by Crippen LogP contribution is -2.36. The van der Waals surface area contributed by atoms with E-state index in [0.717, 1.165) is 0 Å². The van der Waals surface area contributed by atoms with Gasteiger partial charge >= 0.3 is 0 Å². The van der Waals surface area contributed by atoms with Crippen LogP contribution < -0.4 is 5.73 Å². The molecule has 1 rings (SSSR count). The smallest absolute Gasteiger partial charge is 0.185 e. The number of hydrogen-bond donors (Lipinski definition) is 4. The third-order valence-electron chi connectivity index (χ3n) is 1.28. The fourth-order valence-electron chi connectivity index (χ4n) is 0.685. The lowest BCUT2D eigenvalue weighted by molar-refractivity contribution is -0.125. The number of ether oxygens (including phenoxy) is 1. The molecule has 0 aromatic carbocycles. The molecule has 4 unspecified atom stereocenters. The molecule has 0 amide bonds. The Morgan fingerprint density at radius 2 is 1.67 bits per heavy atom. The van der Waals surface area contributed by atoms with Crippen LogP contribution >= 0.6 is 0 Å². The third-order valence-corrected chi connectivity index (χ3v) is 1.28. The van der Waals surface area contributed by atoms with Crippen LogP contribution in [0.1, 0.15) is 0 Å². The van der Waals surface area contributed by atoms with Crippen LogP contribution in [0.4, 0.5) is 0 Å². The maximum atomic E-state index is 8.78. The van der Waals surface area contributed by atoms with E-state index >= 15 is 0 Å². The summed E-state index contributed by atoms with van der Waals surface area (Å²) in [6.07, 6.45) is -4.79. The van der Waals surface area contributed by atoms with Crippen LogP contribution in [-0.2, 0) is 4.74 Å². The predicted octanol–water partition coefficient (Wildman–Crippen LogP) is -2.66. The van der Waals surface area contributed by atoms with E-state index in [2.05, 4.69) is 4.74 Å². The Morgan fingerprint density at radius 1 is 1.11 bits per heavy atom. The van der Waals surface area contributed by atoms with Gasteiger partial charge in [-0.1, -0.05) is 0 Å². The quantitative estimate of drug-likeness (QED) is 0.291. The Labute approximate surface area is 51.7 Å². The minimum atomic E-state index is -1.35. The molecule has 0 bridgehead atoms. The molecule has 54 valence electrons. The molecule has 0 aliphatic carbocycles. The molecule has 9 heavy (non-hydrogen) atoms. The average Bonchev–Trinajstić information content (AvgIpc) is 1.98.